The average Bonchev–Trinajstić information content (AvgIpc) is 1.63. The van der Waals surface area contributed by atoms with Gasteiger partial charge in [0, 0.05) is 29.4 Å². The average molecular weight is 2050 g/mol. The van der Waals surface area contributed by atoms with Gasteiger partial charge in [0.2, 0.25) is 0 Å². The molecule has 806 valence electrons. The van der Waals surface area contributed by atoms with E-state index in [-0.39, 0.29) is 63.8 Å². The maximum Gasteiger partial charge on any atom is 0.422 e. The summed E-state index contributed by atoms with van der Waals surface area (Å²) in [6, 6.07) is 0. The first-order valence-corrected chi connectivity index (χ1v) is 55.6. The molecule has 0 bridgehead atoms. The van der Waals surface area contributed by atoms with E-state index in [1.807, 2.05) is 48.5 Å². The normalized spacial score (nSPS) is 20.9. The smallest absolute Gasteiger partial charge is 0.422 e. The molecule has 0 atom stereocenters. The van der Waals surface area contributed by atoms with Gasteiger partial charge in [0.05, 0.1) is 33.0 Å². The molecule has 0 N–H and O–H groups in total. The number of halogens is 6. The first kappa shape index (κ1) is 131. The van der Waals surface area contributed by atoms with Gasteiger partial charge in [-0.2, -0.15) is 51.6 Å². The van der Waals surface area contributed by atoms with Gasteiger partial charge in [0.15, 0.2) is 0 Å². The van der Waals surface area contributed by atoms with Crippen LogP contribution in [0.5, 0.6) is 0 Å². The van der Waals surface area contributed by atoms with Gasteiger partial charge in [-0.25, -0.2) is 33.6 Å². The summed E-state index contributed by atoms with van der Waals surface area (Å²) in [5.74, 6) is -3.38. The topological polar surface area (TPSA) is 314 Å². The van der Waals surface area contributed by atoms with Crippen molar-refractivity contribution in [1.29, 1.82) is 0 Å². The molecular weight excluding hydrogens is 1880 g/mol. The molecule has 0 radical (unpaired) electrons. The fourth-order valence-corrected chi connectivity index (χ4v) is 21.7. The third-order valence-corrected chi connectivity index (χ3v) is 31.7. The quantitative estimate of drug-likeness (QED) is 0.0221. The molecule has 23 nitrogen and oxygen atoms in total. The van der Waals surface area contributed by atoms with Gasteiger partial charge in [-0.15, -0.1) is 0 Å². The van der Waals surface area contributed by atoms with Crippen molar-refractivity contribution in [1.82, 2.24) is 0 Å². The largest absolute Gasteiger partial charge is 0.456 e. The molecule has 0 aliphatic heterocycles. The summed E-state index contributed by atoms with van der Waals surface area (Å²) in [6.07, 6.45) is 47.3. The molecule has 140 heavy (non-hydrogen) atoms. The second-order valence-corrected chi connectivity index (χ2v) is 45.3. The highest BCUT2D eigenvalue weighted by Gasteiger charge is 2.47. The summed E-state index contributed by atoms with van der Waals surface area (Å²) in [6.45, 7) is 59.8. The fourth-order valence-electron chi connectivity index (χ4n) is 19.1. The predicted octanol–water partition coefficient (Wildman–Crippen LogP) is 28.8. The molecule has 0 unspecified atom stereocenters. The number of carbonyl (C=O) groups is 7. The molecule has 10 saturated carbocycles. The molecule has 0 heterocycles. The van der Waals surface area contributed by atoms with Crippen LogP contribution in [0.3, 0.4) is 0 Å². The zero-order valence-electron chi connectivity index (χ0n) is 87.5. The SMILES string of the molecule is C=C(C(=O)OC1(C)CCCCC1)C(F)(F)F.C=C(C(=O)OC1(CC)CCCCC1)C(F)(F)F.C=C(C)C(=O)OC1(C)CCCCC1.C=C(C)C(=O)OC1(CC)CCCCC1.C=CC(=O)OC1(C(C)C)CCCCC1.C=CC(=O)OC1(C)CCCCC1.C=CC(=O)OC1(CC)CCCCC1.C=CS(=O)(=O)OC1(C(C)C)CCCC1.C=CS(=O)(=O)OC1(C)CCCCC1.C=CS(=O)(=O)OC1(CC)CCCCC1. The van der Waals surface area contributed by atoms with Crippen molar-refractivity contribution in [2.75, 3.05) is 0 Å². The van der Waals surface area contributed by atoms with E-state index >= 15 is 0 Å². The number of esters is 7. The molecule has 0 saturated heterocycles. The maximum absolute atomic E-state index is 12.3. The highest BCUT2D eigenvalue weighted by atomic mass is 32.2. The summed E-state index contributed by atoms with van der Waals surface area (Å²) in [7, 11) is -10.6. The van der Waals surface area contributed by atoms with Crippen LogP contribution in [0.4, 0.5) is 26.3 Å². The Morgan fingerprint density at radius 3 is 0.779 bits per heavy atom. The van der Waals surface area contributed by atoms with Gasteiger partial charge < -0.3 is 33.2 Å². The van der Waals surface area contributed by atoms with Crippen LogP contribution in [-0.4, -0.2) is 135 Å². The van der Waals surface area contributed by atoms with Gasteiger partial charge in [-0.05, 0) is 297 Å². The number of alkyl halides is 6. The van der Waals surface area contributed by atoms with Gasteiger partial charge in [-0.1, -0.05) is 217 Å². The molecule has 10 rings (SSSR count). The summed E-state index contributed by atoms with van der Waals surface area (Å²) in [5, 5.41) is 2.64. The van der Waals surface area contributed by atoms with E-state index in [9.17, 15) is 85.2 Å². The van der Waals surface area contributed by atoms with Crippen LogP contribution in [0.25, 0.3) is 0 Å². The van der Waals surface area contributed by atoms with Crippen molar-refractivity contribution in [3.63, 3.8) is 0 Å². The van der Waals surface area contributed by atoms with Crippen molar-refractivity contribution in [2.24, 2.45) is 11.8 Å². The Balaban J connectivity index is 0.000000779. The molecule has 0 amide bonds. The predicted molar refractivity (Wildman–Crippen MR) is 541 cm³/mol. The van der Waals surface area contributed by atoms with Crippen LogP contribution < -0.4 is 0 Å². The van der Waals surface area contributed by atoms with Crippen molar-refractivity contribution in [3.8, 4) is 0 Å². The van der Waals surface area contributed by atoms with E-state index in [1.165, 1.54) is 127 Å². The first-order chi connectivity index (χ1) is 65.1. The Hall–Kier alpha value is -7.00. The van der Waals surface area contributed by atoms with E-state index in [0.717, 1.165) is 215 Å². The van der Waals surface area contributed by atoms with Crippen LogP contribution in [-0.2, 0) is 110 Å². The fraction of sp³-hybridized carbons (Fsp3) is 0.750. The van der Waals surface area contributed by atoms with Gasteiger partial charge in [-0.3, -0.25) is 12.5 Å². The molecular formula is C108H176F6O23S3. The molecule has 0 aromatic heterocycles. The summed E-state index contributed by atoms with van der Waals surface area (Å²) < 4.78 is 194. The number of hydrogen-bond acceptors (Lipinski definition) is 23. The number of rotatable bonds is 29. The lowest BCUT2D eigenvalue weighted by Gasteiger charge is -2.39. The Morgan fingerprint density at radius 1 is 0.279 bits per heavy atom. The zero-order chi connectivity index (χ0) is 107. The lowest BCUT2D eigenvalue weighted by Crippen LogP contribution is -2.41. The Bertz CT molecular complexity index is 4270. The second-order valence-electron chi connectivity index (χ2n) is 40.8. The van der Waals surface area contributed by atoms with Crippen molar-refractivity contribution in [3.05, 3.63) is 123 Å². The Labute approximate surface area is 838 Å². The number of hydrogen-bond donors (Lipinski definition) is 0. The highest BCUT2D eigenvalue weighted by Crippen LogP contribution is 2.45. The third-order valence-electron chi connectivity index (χ3n) is 28.7. The number of ether oxygens (including phenoxy) is 7. The van der Waals surface area contributed by atoms with E-state index in [0.29, 0.717) is 49.2 Å². The summed E-state index contributed by atoms with van der Waals surface area (Å²) in [5.41, 5.74) is -5.79. The standard InChI is InChI=1S/C12H17F3O2.2C12H20O2.C11H15F3O2.2C11H18O2.2C10H18O3S.C10H16O2.C9H16O3S/c1-3-11(7-5-4-6-8-11)17-10(16)9(2)12(13,14)15;1-4-12(8-6-5-7-9-12)14-11(13)10(2)3;1-4-11(13)14-12(10(2)3)8-6-5-7-9-12;1-8(11(12,13)14)9(15)16-10(2)6-4-3-5-7-10;1-9(2)10(12)13-11(3)7-5-4-6-8-11;1-3-10(12)13-11(4-2)8-6-5-7-9-11;1-4-14(11,12)13-10(9(2)3)7-5-6-8-10;1-3-10(8-6-5-7-9-10)13-14(11,12)4-2;1-3-9(11)12-10(2)7-5-4-6-8-10;1-3-13(10,11)12-9(2)7-5-4-6-8-9/h2-8H2,1H3;2,4-9H2,1,3H3;4,10H,1,5-9H2,2-3H3;1,3-7H2,2H3;1,4-8H2,2-3H3;3H,1,4-9H2,2H3;4,9H,1,5-8H2,2-3H3;4H,2-3,5-9H2,1H3;3H,1,4-8H2,2H3;3H,1,4-8H2,2H3. The minimum atomic E-state index is -4.71. The minimum Gasteiger partial charge on any atom is -0.456 e. The molecule has 10 aliphatic rings. The molecule has 0 aromatic carbocycles. The zero-order valence-corrected chi connectivity index (χ0v) is 90.0. The van der Waals surface area contributed by atoms with Gasteiger partial charge in [0.1, 0.15) is 50.4 Å². The van der Waals surface area contributed by atoms with Crippen LogP contribution >= 0.6 is 0 Å². The number of carbonyl (C=O) groups excluding carboxylic acids is 7. The lowest BCUT2D eigenvalue weighted by molar-refractivity contribution is -0.169. The summed E-state index contributed by atoms with van der Waals surface area (Å²) >= 11 is 0. The van der Waals surface area contributed by atoms with Crippen molar-refractivity contribution < 1.29 is 131 Å². The van der Waals surface area contributed by atoms with Crippen LogP contribution in [0.15, 0.2) is 123 Å². The van der Waals surface area contributed by atoms with Crippen LogP contribution in [0.2, 0.25) is 0 Å². The van der Waals surface area contributed by atoms with Gasteiger partial charge in [0.25, 0.3) is 30.4 Å². The lowest BCUT2D eigenvalue weighted by atomic mass is 9.77. The Morgan fingerprint density at radius 2 is 0.493 bits per heavy atom. The molecule has 0 aromatic rings. The summed E-state index contributed by atoms with van der Waals surface area (Å²) in [4.78, 5) is 78.6. The monoisotopic (exact) mass is 2050 g/mol. The van der Waals surface area contributed by atoms with E-state index in [4.69, 9.17) is 45.7 Å². The Kier molecular flexibility index (Phi) is 58.1. The molecule has 0 spiro atoms. The second kappa shape index (κ2) is 62.1. The third kappa shape index (κ3) is 49.3. The molecule has 10 fully saturated rings. The van der Waals surface area contributed by atoms with Crippen molar-refractivity contribution >= 4 is 72.1 Å². The maximum atomic E-state index is 12.3. The first-order valence-electron chi connectivity index (χ1n) is 51.2. The van der Waals surface area contributed by atoms with E-state index < -0.39 is 93.8 Å². The van der Waals surface area contributed by atoms with E-state index in [2.05, 4.69) is 93.5 Å². The minimum absolute atomic E-state index is 0.177. The molecule has 32 heteroatoms. The van der Waals surface area contributed by atoms with Gasteiger partial charge >= 0.3 is 54.1 Å². The van der Waals surface area contributed by atoms with Crippen LogP contribution in [0.1, 0.15) is 437 Å². The van der Waals surface area contributed by atoms with Crippen molar-refractivity contribution in [2.45, 2.75) is 506 Å². The van der Waals surface area contributed by atoms with E-state index in [1.54, 1.807) is 20.8 Å². The van der Waals surface area contributed by atoms with Crippen LogP contribution in [0, 0.1) is 11.8 Å². The highest BCUT2D eigenvalue weighted by molar-refractivity contribution is 7.90. The molecule has 10 aliphatic carbocycles.